The molecule has 0 fully saturated rings. The van der Waals surface area contributed by atoms with Crippen LogP contribution in [0.3, 0.4) is 0 Å². The Kier molecular flexibility index (Phi) is 8.57. The number of hydrogen-bond donors (Lipinski definition) is 1. The molecule has 0 radical (unpaired) electrons. The number of hydrogen-bond acceptors (Lipinski definition) is 1. The lowest BCUT2D eigenvalue weighted by Crippen LogP contribution is -2.17. The largest absolute Gasteiger partial charge is 0.383 e. The third-order valence-corrected chi connectivity index (χ3v) is 12.0. The molecule has 0 spiro atoms. The molecule has 9 rings (SSSR count). The fourth-order valence-corrected chi connectivity index (χ4v) is 9.24. The van der Waals surface area contributed by atoms with Gasteiger partial charge in [-0.05, 0) is 115 Å². The molecular weight excluding hydrogens is 669 g/mol. The van der Waals surface area contributed by atoms with E-state index >= 15 is 0 Å². The average Bonchev–Trinajstić information content (AvgIpc) is 3.84. The molecule has 2 N–H and O–H groups in total. The lowest BCUT2D eigenvalue weighted by molar-refractivity contribution is 0.602. The Morgan fingerprint density at radius 2 is 1.65 bits per heavy atom. The van der Waals surface area contributed by atoms with E-state index in [0.29, 0.717) is 5.84 Å². The number of nitrogens with zero attached hydrogens (tertiary/aromatic N) is 3. The normalized spacial score (nSPS) is 15.5. The summed E-state index contributed by atoms with van der Waals surface area (Å²) in [5.74, 6) is 0.507. The van der Waals surface area contributed by atoms with Crippen molar-refractivity contribution in [1.82, 2.24) is 9.13 Å². The van der Waals surface area contributed by atoms with E-state index in [9.17, 15) is 0 Å². The fourth-order valence-electron chi connectivity index (χ4n) is 9.24. The number of aromatic nitrogens is 2. The number of rotatable bonds is 9. The number of benzene rings is 5. The van der Waals surface area contributed by atoms with Gasteiger partial charge in [0.1, 0.15) is 5.84 Å². The van der Waals surface area contributed by atoms with E-state index in [4.69, 9.17) is 10.7 Å². The molecule has 0 unspecified atom stereocenters. The van der Waals surface area contributed by atoms with Gasteiger partial charge in [0, 0.05) is 44.7 Å². The van der Waals surface area contributed by atoms with Crippen LogP contribution in [0.2, 0.25) is 0 Å². The van der Waals surface area contributed by atoms with Crippen molar-refractivity contribution in [2.75, 3.05) is 0 Å². The first-order valence-electron chi connectivity index (χ1n) is 19.7. The minimum atomic E-state index is -0.0223. The van der Waals surface area contributed by atoms with Gasteiger partial charge in [-0.3, -0.25) is 0 Å². The van der Waals surface area contributed by atoms with Gasteiger partial charge < -0.3 is 14.9 Å². The minimum absolute atomic E-state index is 0.0223. The van der Waals surface area contributed by atoms with E-state index in [1.165, 1.54) is 60.9 Å². The number of amidine groups is 1. The number of para-hydroxylation sites is 2. The van der Waals surface area contributed by atoms with Gasteiger partial charge in [0.25, 0.3) is 0 Å². The van der Waals surface area contributed by atoms with Crippen LogP contribution in [0.4, 0.5) is 5.69 Å². The maximum absolute atomic E-state index is 7.00. The second-order valence-corrected chi connectivity index (χ2v) is 15.7. The third-order valence-electron chi connectivity index (χ3n) is 12.0. The molecule has 0 amide bonds. The van der Waals surface area contributed by atoms with Crippen molar-refractivity contribution in [2.24, 2.45) is 10.7 Å². The molecule has 2 aliphatic rings. The number of aliphatic imine (C=N–C) groups is 1. The molecule has 2 aliphatic carbocycles. The highest BCUT2D eigenvalue weighted by Gasteiger charge is 2.36. The summed E-state index contributed by atoms with van der Waals surface area (Å²) in [4.78, 5) is 5.14. The Bertz CT molecular complexity index is 2790. The van der Waals surface area contributed by atoms with E-state index in [0.717, 1.165) is 65.5 Å². The van der Waals surface area contributed by atoms with Gasteiger partial charge in [-0.15, -0.1) is 0 Å². The van der Waals surface area contributed by atoms with E-state index in [2.05, 4.69) is 177 Å². The summed E-state index contributed by atoms with van der Waals surface area (Å²) in [6.45, 7) is 13.4. The van der Waals surface area contributed by atoms with Crippen LogP contribution >= 0.6 is 0 Å². The van der Waals surface area contributed by atoms with Crippen LogP contribution in [0.25, 0.3) is 49.7 Å². The van der Waals surface area contributed by atoms with Crippen molar-refractivity contribution in [3.63, 3.8) is 0 Å². The second kappa shape index (κ2) is 13.6. The zero-order chi connectivity index (χ0) is 37.8. The quantitative estimate of drug-likeness (QED) is 0.117. The summed E-state index contributed by atoms with van der Waals surface area (Å²) < 4.78 is 4.76. The smallest absolute Gasteiger partial charge is 0.131 e. The van der Waals surface area contributed by atoms with Gasteiger partial charge >= 0.3 is 0 Å². The van der Waals surface area contributed by atoms with E-state index < -0.39 is 0 Å². The van der Waals surface area contributed by atoms with Gasteiger partial charge in [0.2, 0.25) is 0 Å². The van der Waals surface area contributed by atoms with Crippen molar-refractivity contribution in [2.45, 2.75) is 65.2 Å². The molecule has 4 nitrogen and oxygen atoms in total. The Labute approximate surface area is 324 Å². The fraction of sp³-hybridized carbons (Fsp3) is 0.196. The molecule has 0 saturated heterocycles. The first-order valence-corrected chi connectivity index (χ1v) is 19.7. The Balaban J connectivity index is 1.15. The second-order valence-electron chi connectivity index (χ2n) is 15.7. The van der Waals surface area contributed by atoms with Crippen LogP contribution in [0.15, 0.2) is 156 Å². The molecular formula is C51H48N4. The topological polar surface area (TPSA) is 48.2 Å². The maximum atomic E-state index is 7.00. The van der Waals surface area contributed by atoms with Crippen molar-refractivity contribution < 1.29 is 0 Å². The van der Waals surface area contributed by atoms with E-state index in [1.54, 1.807) is 0 Å². The Morgan fingerprint density at radius 3 is 2.45 bits per heavy atom. The van der Waals surface area contributed by atoms with Crippen molar-refractivity contribution in [1.29, 1.82) is 0 Å². The zero-order valence-corrected chi connectivity index (χ0v) is 32.4. The molecule has 4 heteroatoms. The monoisotopic (exact) mass is 716 g/mol. The summed E-state index contributed by atoms with van der Waals surface area (Å²) in [5.41, 5.74) is 23.9. The molecule has 5 aromatic carbocycles. The van der Waals surface area contributed by atoms with Gasteiger partial charge in [-0.25, -0.2) is 4.99 Å². The summed E-state index contributed by atoms with van der Waals surface area (Å²) in [5, 5.41) is 3.58. The summed E-state index contributed by atoms with van der Waals surface area (Å²) in [6.07, 6.45) is 14.1. The predicted octanol–water partition coefficient (Wildman–Crippen LogP) is 13.0. The SMILES string of the molecule is C=CC1=C(CCC)C(C)(C)c2cc(Cc3ccccc3N=C(N)c3ccc4c(c3)c3c5c(ccc3n4C3=CCCC=C3C)ccn5-c3ccccc3)ccc21. The molecule has 2 heterocycles. The van der Waals surface area contributed by atoms with Crippen LogP contribution in [-0.4, -0.2) is 15.0 Å². The number of nitrogens with two attached hydrogens (primary N) is 1. The van der Waals surface area contributed by atoms with Gasteiger partial charge in [-0.1, -0.05) is 118 Å². The number of fused-ring (bicyclic) bond motifs is 6. The van der Waals surface area contributed by atoms with Gasteiger partial charge in [-0.2, -0.15) is 0 Å². The first-order chi connectivity index (χ1) is 26.8. The van der Waals surface area contributed by atoms with Crippen molar-refractivity contribution >= 4 is 55.5 Å². The van der Waals surface area contributed by atoms with E-state index in [1.807, 2.05) is 0 Å². The van der Waals surface area contributed by atoms with Crippen LogP contribution in [-0.2, 0) is 11.8 Å². The summed E-state index contributed by atoms with van der Waals surface area (Å²) in [6, 6.07) is 39.4. The average molecular weight is 717 g/mol. The van der Waals surface area contributed by atoms with Crippen LogP contribution in [0.1, 0.15) is 81.2 Å². The maximum Gasteiger partial charge on any atom is 0.131 e. The standard InChI is InChI=1S/C51H48N4/c1-6-15-42-39(7-2)40-25-22-34(31-43(40)51(42,4)5)30-36-17-12-13-20-44(36)53-50(52)37-24-26-46-41(32-37)48-47(55(46)45-21-14-11-16-33(45)3)27-23-35-28-29-54(49(35)48)38-18-9-8-10-19-38/h7-10,12-13,16-29,31-32H,2,6,11,14-15,30H2,1,3-5H3,(H2,52,53). The highest BCUT2D eigenvalue weighted by molar-refractivity contribution is 6.22. The molecule has 7 aromatic rings. The van der Waals surface area contributed by atoms with E-state index in [-0.39, 0.29) is 5.41 Å². The van der Waals surface area contributed by atoms with Gasteiger partial charge in [0.15, 0.2) is 0 Å². The lowest BCUT2D eigenvalue weighted by Gasteiger charge is -2.25. The Morgan fingerprint density at radius 1 is 0.873 bits per heavy atom. The molecule has 0 aliphatic heterocycles. The molecule has 0 bridgehead atoms. The molecule has 55 heavy (non-hydrogen) atoms. The van der Waals surface area contributed by atoms with Crippen LogP contribution in [0, 0.1) is 0 Å². The minimum Gasteiger partial charge on any atom is -0.383 e. The third kappa shape index (κ3) is 5.71. The molecule has 2 aromatic heterocycles. The van der Waals surface area contributed by atoms with Crippen LogP contribution in [0.5, 0.6) is 0 Å². The van der Waals surface area contributed by atoms with Gasteiger partial charge in [0.05, 0.1) is 22.2 Å². The number of allylic oxidation sites excluding steroid dienone is 7. The van der Waals surface area contributed by atoms with Crippen molar-refractivity contribution in [3.05, 3.63) is 179 Å². The van der Waals surface area contributed by atoms with Crippen LogP contribution < -0.4 is 5.73 Å². The first kappa shape index (κ1) is 34.6. The zero-order valence-electron chi connectivity index (χ0n) is 32.4. The molecule has 0 saturated carbocycles. The highest BCUT2D eigenvalue weighted by Crippen LogP contribution is 2.49. The molecule has 272 valence electrons. The summed E-state index contributed by atoms with van der Waals surface area (Å²) in [7, 11) is 0. The molecule has 0 atom stereocenters. The summed E-state index contributed by atoms with van der Waals surface area (Å²) >= 11 is 0. The lowest BCUT2D eigenvalue weighted by atomic mass is 9.79. The van der Waals surface area contributed by atoms with Crippen molar-refractivity contribution in [3.8, 4) is 5.69 Å². The highest BCUT2D eigenvalue weighted by atomic mass is 15.0. The predicted molar refractivity (Wildman–Crippen MR) is 235 cm³/mol. The Hall–Kier alpha value is -6.13.